The molecule has 5 heteroatoms. The van der Waals surface area contributed by atoms with Gasteiger partial charge in [0.25, 0.3) is 0 Å². The van der Waals surface area contributed by atoms with Crippen LogP contribution in [0.4, 0.5) is 5.82 Å². The number of imidazole rings is 1. The molecule has 2 heterocycles. The van der Waals surface area contributed by atoms with Crippen LogP contribution >= 0.6 is 15.9 Å². The summed E-state index contributed by atoms with van der Waals surface area (Å²) < 4.78 is 3.02. The molecule has 0 aliphatic heterocycles. The summed E-state index contributed by atoms with van der Waals surface area (Å²) >= 11 is 3.42. The smallest absolute Gasteiger partial charge is 0.131 e. The van der Waals surface area contributed by atoms with Gasteiger partial charge in [0.2, 0.25) is 0 Å². The van der Waals surface area contributed by atoms with E-state index in [1.165, 1.54) is 0 Å². The highest BCUT2D eigenvalue weighted by Gasteiger charge is 2.09. The highest BCUT2D eigenvalue weighted by atomic mass is 79.9. The van der Waals surface area contributed by atoms with Gasteiger partial charge in [-0.25, -0.2) is 9.97 Å². The molecule has 0 atom stereocenters. The Bertz CT molecular complexity index is 521. The molecule has 2 aromatic rings. The number of hydrogen-bond donors (Lipinski definition) is 0. The maximum atomic E-state index is 4.43. The lowest BCUT2D eigenvalue weighted by atomic mass is 10.3. The minimum atomic E-state index is 0.749. The molecule has 0 aliphatic rings. The Hall–Kier alpha value is -1.36. The number of anilines is 1. The fraction of sp³-hybridized carbons (Fsp3) is 0.333. The summed E-state index contributed by atoms with van der Waals surface area (Å²) in [5.74, 6) is 2.01. The molecule has 0 aromatic carbocycles. The van der Waals surface area contributed by atoms with Crippen LogP contribution in [-0.2, 0) is 13.6 Å². The van der Waals surface area contributed by atoms with Crippen LogP contribution in [-0.4, -0.2) is 21.6 Å². The number of hydrogen-bond acceptors (Lipinski definition) is 3. The van der Waals surface area contributed by atoms with Crippen molar-refractivity contribution in [1.82, 2.24) is 14.5 Å². The van der Waals surface area contributed by atoms with Crippen LogP contribution in [0.3, 0.4) is 0 Å². The van der Waals surface area contributed by atoms with Crippen molar-refractivity contribution in [3.05, 3.63) is 40.5 Å². The van der Waals surface area contributed by atoms with Crippen molar-refractivity contribution in [3.8, 4) is 0 Å². The quantitative estimate of drug-likeness (QED) is 0.872. The third-order valence-corrected chi connectivity index (χ3v) is 3.11. The molecule has 0 spiro atoms. The molecule has 0 fully saturated rings. The predicted octanol–water partition coefficient (Wildman–Crippen LogP) is 2.52. The topological polar surface area (TPSA) is 34.0 Å². The third-order valence-electron chi connectivity index (χ3n) is 2.68. The standard InChI is InChI=1S/C12H15BrN4/c1-9-6-10(13)7-15-12(9)17(3)8-11-14-4-5-16(11)2/h4-7H,8H2,1-3H3. The van der Waals surface area contributed by atoms with Crippen molar-refractivity contribution >= 4 is 21.7 Å². The van der Waals surface area contributed by atoms with Crippen LogP contribution in [0.5, 0.6) is 0 Å². The minimum absolute atomic E-state index is 0.749. The number of halogens is 1. The lowest BCUT2D eigenvalue weighted by molar-refractivity contribution is 0.753. The van der Waals surface area contributed by atoms with Crippen molar-refractivity contribution in [2.75, 3.05) is 11.9 Å². The van der Waals surface area contributed by atoms with Gasteiger partial charge >= 0.3 is 0 Å². The number of rotatable bonds is 3. The largest absolute Gasteiger partial charge is 0.352 e. The summed E-state index contributed by atoms with van der Waals surface area (Å²) in [5, 5.41) is 0. The summed E-state index contributed by atoms with van der Waals surface area (Å²) in [5.41, 5.74) is 1.15. The zero-order chi connectivity index (χ0) is 12.4. The van der Waals surface area contributed by atoms with E-state index >= 15 is 0 Å². The van der Waals surface area contributed by atoms with E-state index in [-0.39, 0.29) is 0 Å². The fourth-order valence-corrected chi connectivity index (χ4v) is 2.21. The van der Waals surface area contributed by atoms with Crippen molar-refractivity contribution in [2.24, 2.45) is 7.05 Å². The minimum Gasteiger partial charge on any atom is -0.352 e. The third kappa shape index (κ3) is 2.66. The van der Waals surface area contributed by atoms with E-state index in [0.29, 0.717) is 0 Å². The first-order valence-corrected chi connectivity index (χ1v) is 6.16. The van der Waals surface area contributed by atoms with E-state index in [2.05, 4.69) is 43.8 Å². The monoisotopic (exact) mass is 294 g/mol. The Balaban J connectivity index is 2.20. The lowest BCUT2D eigenvalue weighted by Crippen LogP contribution is -2.20. The first kappa shape index (κ1) is 12.1. The summed E-state index contributed by atoms with van der Waals surface area (Å²) in [6.45, 7) is 2.81. The van der Waals surface area contributed by atoms with Gasteiger partial charge in [-0.1, -0.05) is 0 Å². The number of aryl methyl sites for hydroxylation is 2. The Morgan fingerprint density at radius 3 is 2.76 bits per heavy atom. The molecular weight excluding hydrogens is 280 g/mol. The van der Waals surface area contributed by atoms with Gasteiger partial charge in [-0.05, 0) is 34.5 Å². The van der Waals surface area contributed by atoms with E-state index in [0.717, 1.165) is 28.2 Å². The molecular formula is C12H15BrN4. The molecule has 0 radical (unpaired) electrons. The first-order valence-electron chi connectivity index (χ1n) is 5.37. The summed E-state index contributed by atoms with van der Waals surface area (Å²) in [6, 6.07) is 2.07. The lowest BCUT2D eigenvalue weighted by Gasteiger charge is -2.19. The van der Waals surface area contributed by atoms with Gasteiger partial charge in [0.05, 0.1) is 6.54 Å². The average Bonchev–Trinajstić information content (AvgIpc) is 2.64. The number of nitrogens with zero attached hydrogens (tertiary/aromatic N) is 4. The Morgan fingerprint density at radius 2 is 2.18 bits per heavy atom. The van der Waals surface area contributed by atoms with Crippen LogP contribution in [0, 0.1) is 6.92 Å². The molecule has 0 amide bonds. The van der Waals surface area contributed by atoms with E-state index in [1.54, 1.807) is 0 Å². The van der Waals surface area contributed by atoms with Crippen LogP contribution in [0.25, 0.3) is 0 Å². The molecule has 90 valence electrons. The zero-order valence-electron chi connectivity index (χ0n) is 10.2. The Labute approximate surface area is 109 Å². The van der Waals surface area contributed by atoms with E-state index in [1.807, 2.05) is 37.3 Å². The van der Waals surface area contributed by atoms with Gasteiger partial charge in [0.1, 0.15) is 11.6 Å². The fourth-order valence-electron chi connectivity index (χ4n) is 1.77. The molecule has 0 saturated heterocycles. The van der Waals surface area contributed by atoms with Gasteiger partial charge in [0.15, 0.2) is 0 Å². The second kappa shape index (κ2) is 4.87. The van der Waals surface area contributed by atoms with E-state index in [9.17, 15) is 0 Å². The number of pyridine rings is 1. The molecule has 2 aromatic heterocycles. The molecule has 0 aliphatic carbocycles. The molecule has 0 N–H and O–H groups in total. The van der Waals surface area contributed by atoms with Crippen molar-refractivity contribution in [1.29, 1.82) is 0 Å². The zero-order valence-corrected chi connectivity index (χ0v) is 11.8. The summed E-state index contributed by atoms with van der Waals surface area (Å²) in [4.78, 5) is 10.8. The van der Waals surface area contributed by atoms with E-state index < -0.39 is 0 Å². The molecule has 0 bridgehead atoms. The van der Waals surface area contributed by atoms with Crippen LogP contribution in [0.15, 0.2) is 29.1 Å². The van der Waals surface area contributed by atoms with Crippen molar-refractivity contribution in [2.45, 2.75) is 13.5 Å². The summed E-state index contributed by atoms with van der Waals surface area (Å²) in [6.07, 6.45) is 5.58. The molecule has 17 heavy (non-hydrogen) atoms. The second-order valence-corrected chi connectivity index (χ2v) is 5.02. The average molecular weight is 295 g/mol. The van der Waals surface area contributed by atoms with Gasteiger partial charge in [-0.3, -0.25) is 0 Å². The highest BCUT2D eigenvalue weighted by Crippen LogP contribution is 2.20. The van der Waals surface area contributed by atoms with Crippen LogP contribution in [0.2, 0.25) is 0 Å². The molecule has 4 nitrogen and oxygen atoms in total. The van der Waals surface area contributed by atoms with Gasteiger partial charge in [-0.2, -0.15) is 0 Å². The maximum Gasteiger partial charge on any atom is 0.131 e. The van der Waals surface area contributed by atoms with Gasteiger partial charge in [0, 0.05) is 37.2 Å². The summed E-state index contributed by atoms with van der Waals surface area (Å²) in [7, 11) is 4.02. The Kier molecular flexibility index (Phi) is 3.47. The van der Waals surface area contributed by atoms with Crippen molar-refractivity contribution in [3.63, 3.8) is 0 Å². The van der Waals surface area contributed by atoms with Crippen LogP contribution < -0.4 is 4.90 Å². The van der Waals surface area contributed by atoms with Gasteiger partial charge in [-0.15, -0.1) is 0 Å². The SMILES string of the molecule is Cc1cc(Br)cnc1N(C)Cc1nccn1C. The Morgan fingerprint density at radius 1 is 1.41 bits per heavy atom. The first-order chi connectivity index (χ1) is 8.08. The predicted molar refractivity (Wildman–Crippen MR) is 72.0 cm³/mol. The maximum absolute atomic E-state index is 4.43. The van der Waals surface area contributed by atoms with E-state index in [4.69, 9.17) is 0 Å². The number of aromatic nitrogens is 3. The van der Waals surface area contributed by atoms with Crippen molar-refractivity contribution < 1.29 is 0 Å². The highest BCUT2D eigenvalue weighted by molar-refractivity contribution is 9.10. The molecule has 0 unspecified atom stereocenters. The molecule has 0 saturated carbocycles. The van der Waals surface area contributed by atoms with Crippen LogP contribution in [0.1, 0.15) is 11.4 Å². The molecule has 2 rings (SSSR count). The second-order valence-electron chi connectivity index (χ2n) is 4.10. The normalized spacial score (nSPS) is 10.6. The van der Waals surface area contributed by atoms with Gasteiger partial charge < -0.3 is 9.47 Å².